The summed E-state index contributed by atoms with van der Waals surface area (Å²) in [6.07, 6.45) is 1.91. The largest absolute Gasteiger partial charge is 0.507 e. The van der Waals surface area contributed by atoms with E-state index in [1.807, 2.05) is 31.3 Å². The Labute approximate surface area is 318 Å². The monoisotopic (exact) mass is 703 g/mol. The third-order valence-corrected chi connectivity index (χ3v) is 10.5. The number of pyridine rings is 1. The molecule has 8 aromatic rings. The first-order valence-electron chi connectivity index (χ1n) is 18.6. The second kappa shape index (κ2) is 13.6. The summed E-state index contributed by atoms with van der Waals surface area (Å²) in [7, 11) is 0. The summed E-state index contributed by atoms with van der Waals surface area (Å²) < 4.78 is 2.20. The lowest BCUT2D eigenvalue weighted by Crippen LogP contribution is -2.11. The fourth-order valence-electron chi connectivity index (χ4n) is 7.51. The van der Waals surface area contributed by atoms with Crippen LogP contribution in [-0.2, 0) is 5.41 Å². The highest BCUT2D eigenvalue weighted by atomic mass is 16.3. The minimum absolute atomic E-state index is 0.110. The molecule has 6 aromatic carbocycles. The van der Waals surface area contributed by atoms with E-state index in [0.29, 0.717) is 11.4 Å². The molecule has 0 spiro atoms. The molecule has 2 heterocycles. The smallest absolute Gasteiger partial charge is 0.149 e. The van der Waals surface area contributed by atoms with Crippen molar-refractivity contribution >= 4 is 11.0 Å². The summed E-state index contributed by atoms with van der Waals surface area (Å²) in [6.45, 7) is 15.0. The van der Waals surface area contributed by atoms with Crippen LogP contribution in [0.2, 0.25) is 0 Å². The maximum Gasteiger partial charge on any atom is 0.149 e. The van der Waals surface area contributed by atoms with E-state index < -0.39 is 0 Å². The van der Waals surface area contributed by atoms with Crippen molar-refractivity contribution in [3.63, 3.8) is 0 Å². The van der Waals surface area contributed by atoms with Gasteiger partial charge in [-0.1, -0.05) is 111 Å². The SMILES string of the molecule is Cc1ccc(-c2ccnc(-c3cc(-c4cccc5c4nc(-c4cc(C)cc(C)c4O)n5-c4ccc(-c5ccccc5)c(C)c4)cc(C(C)(C)C)c3)c2)cc1. The number of aromatic nitrogens is 3. The average molecular weight is 704 g/mol. The zero-order valence-electron chi connectivity index (χ0n) is 32.1. The number of phenols is 1. The second-order valence-corrected chi connectivity index (χ2v) is 15.6. The Kier molecular flexibility index (Phi) is 8.78. The Morgan fingerprint density at radius 2 is 1.30 bits per heavy atom. The van der Waals surface area contributed by atoms with Crippen molar-refractivity contribution in [2.45, 2.75) is 53.9 Å². The highest BCUT2D eigenvalue weighted by Gasteiger charge is 2.23. The van der Waals surface area contributed by atoms with Crippen LogP contribution in [0.5, 0.6) is 5.75 Å². The van der Waals surface area contributed by atoms with E-state index >= 15 is 0 Å². The summed E-state index contributed by atoms with van der Waals surface area (Å²) in [5.41, 5.74) is 17.7. The third-order valence-electron chi connectivity index (χ3n) is 10.5. The molecule has 0 unspecified atom stereocenters. The standard InChI is InChI=1S/C50H45N3O/c1-31-16-18-35(19-17-31)37-22-23-51-45(30-37)39-27-38(28-40(29-39)50(5,6)7)43-14-11-15-46-47(43)52-49(44-25-32(2)24-34(4)48(44)54)53(46)41-20-21-42(33(3)26-41)36-12-9-8-10-13-36/h8-30,54H,1-7H3. The van der Waals surface area contributed by atoms with Gasteiger partial charge in [0.1, 0.15) is 11.6 Å². The lowest BCUT2D eigenvalue weighted by molar-refractivity contribution is 0.472. The van der Waals surface area contributed by atoms with Gasteiger partial charge in [0.2, 0.25) is 0 Å². The zero-order chi connectivity index (χ0) is 37.7. The van der Waals surface area contributed by atoms with Crippen molar-refractivity contribution in [1.82, 2.24) is 14.5 Å². The summed E-state index contributed by atoms with van der Waals surface area (Å²) in [6, 6.07) is 47.3. The fraction of sp³-hybridized carbons (Fsp3) is 0.160. The topological polar surface area (TPSA) is 50.9 Å². The molecule has 8 rings (SSSR count). The van der Waals surface area contributed by atoms with Crippen LogP contribution in [0.3, 0.4) is 0 Å². The lowest BCUT2D eigenvalue weighted by Gasteiger charge is -2.22. The minimum Gasteiger partial charge on any atom is -0.507 e. The Balaban J connectivity index is 1.35. The first-order chi connectivity index (χ1) is 25.9. The summed E-state index contributed by atoms with van der Waals surface area (Å²) >= 11 is 0. The Morgan fingerprint density at radius 1 is 0.537 bits per heavy atom. The van der Waals surface area contributed by atoms with Crippen LogP contribution in [0.25, 0.3) is 72.7 Å². The highest BCUT2D eigenvalue weighted by Crippen LogP contribution is 2.41. The number of phenolic OH excluding ortho intramolecular Hbond substituents is 1. The molecule has 0 fully saturated rings. The number of nitrogens with zero attached hydrogens (tertiary/aromatic N) is 3. The van der Waals surface area contributed by atoms with E-state index in [4.69, 9.17) is 9.97 Å². The quantitative estimate of drug-likeness (QED) is 0.188. The molecule has 0 atom stereocenters. The highest BCUT2D eigenvalue weighted by molar-refractivity contribution is 5.97. The molecule has 0 saturated carbocycles. The number of fused-ring (bicyclic) bond motifs is 1. The Morgan fingerprint density at radius 3 is 2.04 bits per heavy atom. The van der Waals surface area contributed by atoms with Gasteiger partial charge in [0.25, 0.3) is 0 Å². The number of aromatic hydroxyl groups is 1. The summed E-state index contributed by atoms with van der Waals surface area (Å²) in [5, 5.41) is 11.6. The van der Waals surface area contributed by atoms with Crippen molar-refractivity contribution in [2.24, 2.45) is 0 Å². The van der Waals surface area contributed by atoms with E-state index in [1.54, 1.807) is 0 Å². The first-order valence-corrected chi connectivity index (χ1v) is 18.6. The lowest BCUT2D eigenvalue weighted by atomic mass is 9.83. The van der Waals surface area contributed by atoms with Crippen molar-refractivity contribution in [1.29, 1.82) is 0 Å². The molecule has 0 aliphatic rings. The molecule has 2 aromatic heterocycles. The average Bonchev–Trinajstić information content (AvgIpc) is 3.56. The second-order valence-electron chi connectivity index (χ2n) is 15.6. The zero-order valence-corrected chi connectivity index (χ0v) is 32.1. The van der Waals surface area contributed by atoms with Crippen LogP contribution < -0.4 is 0 Å². The van der Waals surface area contributed by atoms with E-state index in [9.17, 15) is 5.11 Å². The van der Waals surface area contributed by atoms with Gasteiger partial charge in [-0.05, 0) is 132 Å². The Hall–Kier alpha value is -6.26. The molecule has 0 bridgehead atoms. The molecule has 266 valence electrons. The van der Waals surface area contributed by atoms with Crippen LogP contribution in [0, 0.1) is 27.7 Å². The van der Waals surface area contributed by atoms with E-state index in [0.717, 1.165) is 61.4 Å². The van der Waals surface area contributed by atoms with Crippen LogP contribution in [0.1, 0.15) is 48.6 Å². The number of aryl methyl sites for hydroxylation is 4. The van der Waals surface area contributed by atoms with Crippen LogP contribution in [0.4, 0.5) is 0 Å². The van der Waals surface area contributed by atoms with Crippen LogP contribution in [0.15, 0.2) is 140 Å². The fourth-order valence-corrected chi connectivity index (χ4v) is 7.51. The van der Waals surface area contributed by atoms with Crippen LogP contribution in [-0.4, -0.2) is 19.6 Å². The van der Waals surface area contributed by atoms with Crippen molar-refractivity contribution < 1.29 is 5.11 Å². The summed E-state index contributed by atoms with van der Waals surface area (Å²) in [5.74, 6) is 0.946. The number of para-hydroxylation sites is 1. The molecular formula is C50H45N3O. The molecule has 54 heavy (non-hydrogen) atoms. The van der Waals surface area contributed by atoms with Crippen LogP contribution >= 0.6 is 0 Å². The van der Waals surface area contributed by atoms with Crippen molar-refractivity contribution in [2.75, 3.05) is 0 Å². The molecule has 4 heteroatoms. The molecule has 0 amide bonds. The maximum atomic E-state index is 11.6. The van der Waals surface area contributed by atoms with Crippen molar-refractivity contribution in [3.8, 4) is 67.5 Å². The molecule has 0 radical (unpaired) electrons. The normalized spacial score (nSPS) is 11.7. The number of imidazole rings is 1. The van der Waals surface area contributed by atoms with Gasteiger partial charge in [0.15, 0.2) is 0 Å². The molecule has 0 aliphatic heterocycles. The number of benzene rings is 6. The molecule has 0 saturated heterocycles. The predicted molar refractivity (Wildman–Crippen MR) is 225 cm³/mol. The molecule has 4 nitrogen and oxygen atoms in total. The first kappa shape index (κ1) is 34.8. The van der Waals surface area contributed by atoms with Gasteiger partial charge in [-0.15, -0.1) is 0 Å². The van der Waals surface area contributed by atoms with Gasteiger partial charge in [-0.2, -0.15) is 0 Å². The molecular weight excluding hydrogens is 659 g/mol. The van der Waals surface area contributed by atoms with E-state index in [1.165, 1.54) is 27.8 Å². The van der Waals surface area contributed by atoms with Gasteiger partial charge in [0, 0.05) is 23.0 Å². The molecule has 0 aliphatic carbocycles. The van der Waals surface area contributed by atoms with E-state index in [-0.39, 0.29) is 11.2 Å². The van der Waals surface area contributed by atoms with Gasteiger partial charge >= 0.3 is 0 Å². The van der Waals surface area contributed by atoms with Gasteiger partial charge in [-0.3, -0.25) is 9.55 Å². The van der Waals surface area contributed by atoms with Gasteiger partial charge in [-0.25, -0.2) is 4.98 Å². The third kappa shape index (κ3) is 6.49. The van der Waals surface area contributed by atoms with Crippen molar-refractivity contribution in [3.05, 3.63) is 167 Å². The number of rotatable bonds is 6. The van der Waals surface area contributed by atoms with E-state index in [2.05, 4.69) is 161 Å². The maximum absolute atomic E-state index is 11.6. The minimum atomic E-state index is -0.110. The van der Waals surface area contributed by atoms with Gasteiger partial charge in [0.05, 0.1) is 22.3 Å². The number of hydrogen-bond donors (Lipinski definition) is 1. The summed E-state index contributed by atoms with van der Waals surface area (Å²) in [4.78, 5) is 10.3. The predicted octanol–water partition coefficient (Wildman–Crippen LogP) is 13.0. The Bertz CT molecular complexity index is 2680. The van der Waals surface area contributed by atoms with Gasteiger partial charge < -0.3 is 5.11 Å². The number of hydrogen-bond acceptors (Lipinski definition) is 3. The molecule has 1 N–H and O–H groups in total.